The molecule has 0 spiro atoms. The molecule has 2 heterocycles. The number of benzene rings is 3. The average molecular weight is 446 g/mol. The molecule has 0 aliphatic carbocycles. The average Bonchev–Trinajstić information content (AvgIpc) is 3.17. The van der Waals surface area contributed by atoms with Gasteiger partial charge in [0.2, 0.25) is 11.5 Å². The number of fused-ring (bicyclic) bond motifs is 3. The van der Waals surface area contributed by atoms with E-state index in [1.54, 1.807) is 78.9 Å². The van der Waals surface area contributed by atoms with Crippen LogP contribution in [0.25, 0.3) is 27.8 Å². The van der Waals surface area contributed by atoms with Crippen molar-refractivity contribution in [1.82, 2.24) is 9.13 Å². The highest BCUT2D eigenvalue weighted by Crippen LogP contribution is 2.26. The number of rotatable bonds is 4. The Hall–Kier alpha value is -4.10. The van der Waals surface area contributed by atoms with Gasteiger partial charge in [-0.25, -0.2) is 9.36 Å². The molecule has 0 bridgehead atoms. The van der Waals surface area contributed by atoms with Crippen LogP contribution in [0.1, 0.15) is 0 Å². The van der Waals surface area contributed by atoms with E-state index in [9.17, 15) is 14.4 Å². The van der Waals surface area contributed by atoms with Gasteiger partial charge in [0.1, 0.15) is 17.6 Å². The molecular formula is C24H16ClN3O4. The molecule has 0 unspecified atom stereocenters. The molecular weight excluding hydrogens is 430 g/mol. The van der Waals surface area contributed by atoms with Gasteiger partial charge in [0.05, 0.1) is 5.69 Å². The van der Waals surface area contributed by atoms with Crippen molar-refractivity contribution in [3.63, 3.8) is 0 Å². The largest absolute Gasteiger partial charge is 0.449 e. The molecule has 7 nitrogen and oxygen atoms in total. The van der Waals surface area contributed by atoms with Crippen LogP contribution in [0.15, 0.2) is 92.9 Å². The lowest BCUT2D eigenvalue weighted by Gasteiger charge is -2.12. The molecule has 158 valence electrons. The summed E-state index contributed by atoms with van der Waals surface area (Å²) >= 11 is 5.99. The summed E-state index contributed by atoms with van der Waals surface area (Å²) in [5, 5.41) is 3.79. The van der Waals surface area contributed by atoms with E-state index in [-0.39, 0.29) is 17.6 Å². The van der Waals surface area contributed by atoms with E-state index in [0.29, 0.717) is 27.4 Å². The van der Waals surface area contributed by atoms with Gasteiger partial charge in [-0.3, -0.25) is 14.2 Å². The number of nitrogens with zero attached hydrogens (tertiary/aromatic N) is 2. The molecule has 1 N–H and O–H groups in total. The summed E-state index contributed by atoms with van der Waals surface area (Å²) in [6, 6.07) is 22.2. The number of hydrogen-bond acceptors (Lipinski definition) is 4. The lowest BCUT2D eigenvalue weighted by molar-refractivity contribution is -0.116. The van der Waals surface area contributed by atoms with Gasteiger partial charge in [-0.15, -0.1) is 0 Å². The normalized spacial score (nSPS) is 11.2. The molecule has 0 aliphatic heterocycles. The SMILES string of the molecule is O=C(Cn1c(=O)n(-c2ccccc2)c(=O)c2oc3ccccc3c21)Nc1cccc(Cl)c1. The summed E-state index contributed by atoms with van der Waals surface area (Å²) in [4.78, 5) is 39.5. The van der Waals surface area contributed by atoms with Crippen LogP contribution < -0.4 is 16.6 Å². The zero-order valence-corrected chi connectivity index (χ0v) is 17.4. The molecule has 0 aliphatic rings. The number of amides is 1. The van der Waals surface area contributed by atoms with E-state index >= 15 is 0 Å². The predicted molar refractivity (Wildman–Crippen MR) is 124 cm³/mol. The Morgan fingerprint density at radius 1 is 0.938 bits per heavy atom. The van der Waals surface area contributed by atoms with Crippen molar-refractivity contribution in [1.29, 1.82) is 0 Å². The first-order valence-corrected chi connectivity index (χ1v) is 10.2. The number of furan rings is 1. The molecule has 5 rings (SSSR count). The third-order valence-electron chi connectivity index (χ3n) is 5.08. The highest BCUT2D eigenvalue weighted by Gasteiger charge is 2.22. The summed E-state index contributed by atoms with van der Waals surface area (Å²) in [6.45, 7) is -0.321. The van der Waals surface area contributed by atoms with Crippen molar-refractivity contribution < 1.29 is 9.21 Å². The Labute approximate surface area is 186 Å². The first-order valence-electron chi connectivity index (χ1n) is 9.81. The standard InChI is InChI=1S/C24H16ClN3O4/c25-15-7-6-8-16(13-15)26-20(29)14-27-21-18-11-4-5-12-19(18)32-22(21)23(30)28(24(27)31)17-9-2-1-3-10-17/h1-13H,14H2,(H,26,29). The fourth-order valence-corrected chi connectivity index (χ4v) is 3.90. The Morgan fingerprint density at radius 3 is 2.47 bits per heavy atom. The molecule has 0 fully saturated rings. The monoisotopic (exact) mass is 445 g/mol. The van der Waals surface area contributed by atoms with Crippen molar-refractivity contribution in [2.75, 3.05) is 5.32 Å². The minimum atomic E-state index is -0.638. The lowest BCUT2D eigenvalue weighted by Crippen LogP contribution is -2.40. The van der Waals surface area contributed by atoms with Crippen molar-refractivity contribution in [3.05, 3.63) is 105 Å². The molecule has 0 saturated carbocycles. The van der Waals surface area contributed by atoms with Gasteiger partial charge in [0, 0.05) is 16.1 Å². The van der Waals surface area contributed by atoms with Crippen LogP contribution >= 0.6 is 11.6 Å². The first kappa shape index (κ1) is 19.8. The molecule has 5 aromatic rings. The number of carbonyl (C=O) groups is 1. The van der Waals surface area contributed by atoms with E-state index in [4.69, 9.17) is 16.0 Å². The van der Waals surface area contributed by atoms with Crippen LogP contribution in [0.2, 0.25) is 5.02 Å². The smallest absolute Gasteiger partial charge is 0.336 e. The van der Waals surface area contributed by atoms with Gasteiger partial charge in [-0.05, 0) is 42.5 Å². The van der Waals surface area contributed by atoms with Crippen LogP contribution in [0.5, 0.6) is 0 Å². The van der Waals surface area contributed by atoms with Gasteiger partial charge in [-0.1, -0.05) is 48.0 Å². The summed E-state index contributed by atoms with van der Waals surface area (Å²) in [5.74, 6) is -0.445. The first-order chi connectivity index (χ1) is 15.5. The zero-order chi connectivity index (χ0) is 22.2. The second kappa shape index (κ2) is 7.86. The van der Waals surface area contributed by atoms with Crippen molar-refractivity contribution in [2.45, 2.75) is 6.54 Å². The molecule has 0 saturated heterocycles. The van der Waals surface area contributed by atoms with Crippen LogP contribution in [0.3, 0.4) is 0 Å². The van der Waals surface area contributed by atoms with E-state index in [1.807, 2.05) is 0 Å². The molecule has 2 aromatic heterocycles. The van der Waals surface area contributed by atoms with Crippen LogP contribution in [-0.4, -0.2) is 15.0 Å². The number of carbonyl (C=O) groups excluding carboxylic acids is 1. The summed E-state index contributed by atoms with van der Waals surface area (Å²) in [6.07, 6.45) is 0. The third-order valence-corrected chi connectivity index (χ3v) is 5.32. The second-order valence-electron chi connectivity index (χ2n) is 7.18. The second-order valence-corrected chi connectivity index (χ2v) is 7.62. The number of nitrogens with one attached hydrogen (secondary N) is 1. The predicted octanol–water partition coefficient (Wildman–Crippen LogP) is 4.19. The highest BCUT2D eigenvalue weighted by molar-refractivity contribution is 6.30. The van der Waals surface area contributed by atoms with Crippen LogP contribution in [-0.2, 0) is 11.3 Å². The van der Waals surface area contributed by atoms with Crippen LogP contribution in [0.4, 0.5) is 5.69 Å². The summed E-state index contributed by atoms with van der Waals surface area (Å²) in [5.41, 5.74) is 0.400. The summed E-state index contributed by atoms with van der Waals surface area (Å²) < 4.78 is 8.09. The van der Waals surface area contributed by atoms with Crippen LogP contribution in [0, 0.1) is 0 Å². The van der Waals surface area contributed by atoms with Gasteiger partial charge < -0.3 is 9.73 Å². The molecule has 32 heavy (non-hydrogen) atoms. The van der Waals surface area contributed by atoms with Crippen molar-refractivity contribution in [2.24, 2.45) is 0 Å². The van der Waals surface area contributed by atoms with Gasteiger partial charge >= 0.3 is 11.2 Å². The highest BCUT2D eigenvalue weighted by atomic mass is 35.5. The van der Waals surface area contributed by atoms with E-state index in [0.717, 1.165) is 4.57 Å². The molecule has 8 heteroatoms. The Bertz CT molecular complexity index is 1600. The third kappa shape index (κ3) is 3.38. The van der Waals surface area contributed by atoms with E-state index < -0.39 is 17.2 Å². The van der Waals surface area contributed by atoms with Gasteiger partial charge in [0.15, 0.2) is 0 Å². The number of para-hydroxylation sites is 2. The summed E-state index contributed by atoms with van der Waals surface area (Å²) in [7, 11) is 0. The minimum Gasteiger partial charge on any atom is -0.449 e. The Kier molecular flexibility index (Phi) is 4.88. The fourth-order valence-electron chi connectivity index (χ4n) is 3.71. The van der Waals surface area contributed by atoms with Gasteiger partial charge in [0.25, 0.3) is 0 Å². The van der Waals surface area contributed by atoms with E-state index in [2.05, 4.69) is 5.32 Å². The molecule has 0 radical (unpaired) electrons. The fraction of sp³-hybridized carbons (Fsp3) is 0.0417. The Balaban J connectivity index is 1.72. The van der Waals surface area contributed by atoms with Gasteiger partial charge in [-0.2, -0.15) is 0 Å². The van der Waals surface area contributed by atoms with Crippen molar-refractivity contribution >= 4 is 45.3 Å². The molecule has 1 amide bonds. The van der Waals surface area contributed by atoms with Crippen molar-refractivity contribution in [3.8, 4) is 5.69 Å². The quantitative estimate of drug-likeness (QED) is 0.449. The number of hydrogen-bond donors (Lipinski definition) is 1. The number of halogens is 1. The topological polar surface area (TPSA) is 86.2 Å². The zero-order valence-electron chi connectivity index (χ0n) is 16.6. The maximum atomic E-state index is 13.5. The molecule has 0 atom stereocenters. The maximum Gasteiger partial charge on any atom is 0.336 e. The molecule has 3 aromatic carbocycles. The lowest BCUT2D eigenvalue weighted by atomic mass is 10.2. The Morgan fingerprint density at radius 2 is 1.69 bits per heavy atom. The number of aromatic nitrogens is 2. The number of anilines is 1. The minimum absolute atomic E-state index is 0.00482. The van der Waals surface area contributed by atoms with E-state index in [1.165, 1.54) is 4.57 Å². The maximum absolute atomic E-state index is 13.5.